The molecule has 0 aliphatic heterocycles. The number of Topliss-reactive ketones (excluding diaryl/α,β-unsaturated/α-hetero) is 1. The summed E-state index contributed by atoms with van der Waals surface area (Å²) in [5, 5.41) is 0. The van der Waals surface area contributed by atoms with Crippen LogP contribution in [-0.2, 0) is 20.1 Å². The second-order valence-electron chi connectivity index (χ2n) is 9.16. The number of ether oxygens (including phenoxy) is 2. The average molecular weight is 469 g/mol. The van der Waals surface area contributed by atoms with Gasteiger partial charge in [-0.15, -0.1) is 11.8 Å². The van der Waals surface area contributed by atoms with Gasteiger partial charge in [-0.05, 0) is 74.3 Å². The Hall–Kier alpha value is -2.27. The molecule has 0 N–H and O–H groups in total. The van der Waals surface area contributed by atoms with Crippen LogP contribution in [0.2, 0.25) is 0 Å². The summed E-state index contributed by atoms with van der Waals surface area (Å²) in [4.78, 5) is 27.2. The van der Waals surface area contributed by atoms with Gasteiger partial charge in [-0.2, -0.15) is 0 Å². The first-order valence-electron chi connectivity index (χ1n) is 11.8. The fourth-order valence-corrected chi connectivity index (χ4v) is 6.28. The van der Waals surface area contributed by atoms with E-state index < -0.39 is 16.6 Å². The third-order valence-electron chi connectivity index (χ3n) is 7.05. The number of ketones is 1. The molecule has 0 saturated heterocycles. The van der Waals surface area contributed by atoms with Crippen LogP contribution in [0.25, 0.3) is 0 Å². The van der Waals surface area contributed by atoms with E-state index in [1.807, 2.05) is 56.3 Å². The molecule has 1 atom stereocenters. The van der Waals surface area contributed by atoms with Crippen molar-refractivity contribution in [3.05, 3.63) is 64.7 Å². The predicted octanol–water partition coefficient (Wildman–Crippen LogP) is 6.41. The van der Waals surface area contributed by atoms with Gasteiger partial charge in [0, 0.05) is 5.75 Å². The van der Waals surface area contributed by atoms with E-state index >= 15 is 0 Å². The SMILES string of the molecule is CCC1CCC(SCc2ccc(OC)cc2)(C(=O)C(C(=O)OC)c2ccc(C)cc2C)CC1. The molecule has 1 saturated carbocycles. The monoisotopic (exact) mass is 468 g/mol. The van der Waals surface area contributed by atoms with Gasteiger partial charge in [-0.25, -0.2) is 0 Å². The van der Waals surface area contributed by atoms with Crippen molar-refractivity contribution in [3.63, 3.8) is 0 Å². The molecule has 3 rings (SSSR count). The summed E-state index contributed by atoms with van der Waals surface area (Å²) in [6, 6.07) is 13.9. The van der Waals surface area contributed by atoms with Gasteiger partial charge in [0.1, 0.15) is 11.7 Å². The number of hydrogen-bond acceptors (Lipinski definition) is 5. The van der Waals surface area contributed by atoms with E-state index in [1.165, 1.54) is 7.11 Å². The minimum Gasteiger partial charge on any atom is -0.497 e. The highest BCUT2D eigenvalue weighted by molar-refractivity contribution is 8.00. The Morgan fingerprint density at radius 2 is 1.73 bits per heavy atom. The van der Waals surface area contributed by atoms with E-state index in [2.05, 4.69) is 6.92 Å². The van der Waals surface area contributed by atoms with E-state index in [4.69, 9.17) is 9.47 Å². The molecule has 5 heteroatoms. The Morgan fingerprint density at radius 3 is 2.27 bits per heavy atom. The summed E-state index contributed by atoms with van der Waals surface area (Å²) in [6.07, 6.45) is 4.75. The second-order valence-corrected chi connectivity index (χ2v) is 10.5. The van der Waals surface area contributed by atoms with Crippen molar-refractivity contribution < 1.29 is 19.1 Å². The van der Waals surface area contributed by atoms with Crippen LogP contribution in [0.5, 0.6) is 5.75 Å². The molecule has 1 aliphatic rings. The third kappa shape index (κ3) is 5.81. The maximum absolute atomic E-state index is 14.2. The normalized spacial score (nSPS) is 21.3. The highest BCUT2D eigenvalue weighted by atomic mass is 32.2. The third-order valence-corrected chi connectivity index (χ3v) is 8.69. The first-order valence-corrected chi connectivity index (χ1v) is 12.8. The molecule has 0 bridgehead atoms. The zero-order valence-corrected chi connectivity index (χ0v) is 21.3. The minimum absolute atomic E-state index is 0.00521. The van der Waals surface area contributed by atoms with Gasteiger partial charge in [0.05, 0.1) is 19.0 Å². The van der Waals surface area contributed by atoms with Gasteiger partial charge < -0.3 is 9.47 Å². The van der Waals surface area contributed by atoms with Gasteiger partial charge in [-0.3, -0.25) is 9.59 Å². The van der Waals surface area contributed by atoms with Crippen molar-refractivity contribution in [3.8, 4) is 5.75 Å². The Kier molecular flexibility index (Phi) is 8.63. The van der Waals surface area contributed by atoms with Crippen LogP contribution in [0, 0.1) is 19.8 Å². The van der Waals surface area contributed by atoms with E-state index in [0.717, 1.165) is 60.1 Å². The van der Waals surface area contributed by atoms with Crippen LogP contribution in [0.1, 0.15) is 67.2 Å². The quantitative estimate of drug-likeness (QED) is 0.314. The van der Waals surface area contributed by atoms with Gasteiger partial charge in [0.2, 0.25) is 0 Å². The van der Waals surface area contributed by atoms with Gasteiger partial charge in [0.15, 0.2) is 5.78 Å². The fraction of sp³-hybridized carbons (Fsp3) is 0.500. The zero-order chi connectivity index (χ0) is 24.0. The number of benzene rings is 2. The molecule has 1 unspecified atom stereocenters. The number of carbonyl (C=O) groups is 2. The maximum Gasteiger partial charge on any atom is 0.320 e. The van der Waals surface area contributed by atoms with Crippen molar-refractivity contribution in [2.75, 3.05) is 14.2 Å². The molecule has 2 aromatic carbocycles. The number of hydrogen-bond donors (Lipinski definition) is 0. The van der Waals surface area contributed by atoms with Crippen LogP contribution in [-0.4, -0.2) is 30.7 Å². The van der Waals surface area contributed by atoms with Crippen molar-refractivity contribution in [1.29, 1.82) is 0 Å². The minimum atomic E-state index is -0.892. The number of thioether (sulfide) groups is 1. The lowest BCUT2D eigenvalue weighted by molar-refractivity contribution is -0.146. The molecule has 1 aliphatic carbocycles. The van der Waals surface area contributed by atoms with E-state index in [-0.39, 0.29) is 5.78 Å². The van der Waals surface area contributed by atoms with Crippen LogP contribution in [0.3, 0.4) is 0 Å². The molecule has 1 fully saturated rings. The Labute approximate surface area is 202 Å². The number of carbonyl (C=O) groups excluding carboxylic acids is 2. The average Bonchev–Trinajstić information content (AvgIpc) is 2.84. The van der Waals surface area contributed by atoms with Crippen molar-refractivity contribution >= 4 is 23.5 Å². The highest BCUT2D eigenvalue weighted by Crippen LogP contribution is 2.47. The van der Waals surface area contributed by atoms with Crippen molar-refractivity contribution in [1.82, 2.24) is 0 Å². The standard InChI is InChI=1S/C28H36O4S/c1-6-21-13-15-28(16-14-21,33-18-22-8-10-23(31-4)11-9-22)26(29)25(27(30)32-5)24-12-7-19(2)17-20(24)3/h7-12,17,21,25H,6,13-16,18H2,1-5H3. The molecule has 4 nitrogen and oxygen atoms in total. The molecule has 0 amide bonds. The highest BCUT2D eigenvalue weighted by Gasteiger charge is 2.48. The molecule has 2 aromatic rings. The molecule has 0 heterocycles. The molecule has 33 heavy (non-hydrogen) atoms. The van der Waals surface area contributed by atoms with E-state index in [0.29, 0.717) is 11.7 Å². The first-order chi connectivity index (χ1) is 15.8. The smallest absolute Gasteiger partial charge is 0.320 e. The number of rotatable bonds is 9. The largest absolute Gasteiger partial charge is 0.497 e. The fourth-order valence-electron chi connectivity index (χ4n) is 4.86. The Bertz CT molecular complexity index is 958. The maximum atomic E-state index is 14.2. The van der Waals surface area contributed by atoms with Crippen molar-refractivity contribution in [2.24, 2.45) is 5.92 Å². The lowest BCUT2D eigenvalue weighted by atomic mass is 9.74. The van der Waals surface area contributed by atoms with Gasteiger partial charge >= 0.3 is 5.97 Å². The summed E-state index contributed by atoms with van der Waals surface area (Å²) in [5.41, 5.74) is 3.97. The first kappa shape index (κ1) is 25.4. The lowest BCUT2D eigenvalue weighted by Gasteiger charge is -2.40. The summed E-state index contributed by atoms with van der Waals surface area (Å²) in [7, 11) is 3.03. The molecular formula is C28H36O4S. The van der Waals surface area contributed by atoms with Crippen LogP contribution < -0.4 is 4.74 Å². The Morgan fingerprint density at radius 1 is 1.06 bits per heavy atom. The van der Waals surface area contributed by atoms with Gasteiger partial charge in [-0.1, -0.05) is 49.2 Å². The zero-order valence-electron chi connectivity index (χ0n) is 20.5. The van der Waals surface area contributed by atoms with Crippen LogP contribution in [0.15, 0.2) is 42.5 Å². The number of aryl methyl sites for hydroxylation is 2. The summed E-state index contributed by atoms with van der Waals surface area (Å²) in [5.74, 6) is 0.817. The van der Waals surface area contributed by atoms with Crippen LogP contribution >= 0.6 is 11.8 Å². The molecular weight excluding hydrogens is 432 g/mol. The topological polar surface area (TPSA) is 52.6 Å². The van der Waals surface area contributed by atoms with Crippen molar-refractivity contribution in [2.45, 2.75) is 69.3 Å². The second kappa shape index (κ2) is 11.2. The lowest BCUT2D eigenvalue weighted by Crippen LogP contribution is -2.44. The molecule has 0 spiro atoms. The molecule has 0 radical (unpaired) electrons. The van der Waals surface area contributed by atoms with Gasteiger partial charge in [0.25, 0.3) is 0 Å². The molecule has 178 valence electrons. The summed E-state index contributed by atoms with van der Waals surface area (Å²) >= 11 is 1.69. The molecule has 0 aromatic heterocycles. The van der Waals surface area contributed by atoms with Crippen LogP contribution in [0.4, 0.5) is 0 Å². The van der Waals surface area contributed by atoms with E-state index in [1.54, 1.807) is 18.9 Å². The van der Waals surface area contributed by atoms with E-state index in [9.17, 15) is 9.59 Å². The number of methoxy groups -OCH3 is 2. The Balaban J connectivity index is 1.94. The number of esters is 1. The summed E-state index contributed by atoms with van der Waals surface area (Å²) in [6.45, 7) is 6.21. The predicted molar refractivity (Wildman–Crippen MR) is 135 cm³/mol. The summed E-state index contributed by atoms with van der Waals surface area (Å²) < 4.78 is 9.83.